The van der Waals surface area contributed by atoms with Crippen LogP contribution in [0, 0.1) is 17.8 Å². The van der Waals surface area contributed by atoms with E-state index in [9.17, 15) is 9.59 Å². The van der Waals surface area contributed by atoms with E-state index in [0.29, 0.717) is 5.92 Å². The van der Waals surface area contributed by atoms with E-state index in [-0.39, 0.29) is 6.42 Å². The first-order chi connectivity index (χ1) is 16.7. The van der Waals surface area contributed by atoms with Crippen LogP contribution in [0.5, 0.6) is 0 Å². The number of ether oxygens (including phenoxy) is 1. The van der Waals surface area contributed by atoms with Gasteiger partial charge in [0.15, 0.2) is 0 Å². The lowest BCUT2D eigenvalue weighted by Gasteiger charge is -2.15. The molecule has 0 N–H and O–H groups in total. The molecule has 0 saturated carbocycles. The largest absolute Gasteiger partial charge is 0.390 e. The van der Waals surface area contributed by atoms with Gasteiger partial charge >= 0.3 is 11.9 Å². The summed E-state index contributed by atoms with van der Waals surface area (Å²) >= 11 is 0. The summed E-state index contributed by atoms with van der Waals surface area (Å²) in [6, 6.07) is 13.8. The minimum Gasteiger partial charge on any atom is -0.390 e. The standard InChI is InChI=1S/C32H46O3/c1-24(2)12-8-13-25(3)14-9-15-26(4)16-10-17-27(5)22-31(33)35-32(34)23-29-20-11-19-28-18-6-7-21-30(28)29/h6-7,11,18-22,24-26H,8-10,12-17,23H2,1-5H3/b27-22+/t25-,26-/m1/s1. The zero-order valence-electron chi connectivity index (χ0n) is 22.6. The Hall–Kier alpha value is -2.42. The maximum absolute atomic E-state index is 12.3. The fourth-order valence-electron chi connectivity index (χ4n) is 4.76. The van der Waals surface area contributed by atoms with Gasteiger partial charge in [-0.25, -0.2) is 4.79 Å². The minimum atomic E-state index is -0.563. The highest BCUT2D eigenvalue weighted by atomic mass is 16.6. The number of benzene rings is 2. The van der Waals surface area contributed by atoms with Crippen LogP contribution in [0.15, 0.2) is 54.1 Å². The highest BCUT2D eigenvalue weighted by Gasteiger charge is 2.12. The molecular formula is C32H46O3. The van der Waals surface area contributed by atoms with Crippen LogP contribution in [0.2, 0.25) is 0 Å². The topological polar surface area (TPSA) is 43.4 Å². The van der Waals surface area contributed by atoms with Crippen molar-refractivity contribution in [3.05, 3.63) is 59.7 Å². The molecule has 0 heterocycles. The summed E-state index contributed by atoms with van der Waals surface area (Å²) in [5.74, 6) is 1.28. The Morgan fingerprint density at radius 2 is 1.40 bits per heavy atom. The molecule has 0 amide bonds. The van der Waals surface area contributed by atoms with E-state index in [1.54, 1.807) is 0 Å². The molecule has 2 atom stereocenters. The lowest BCUT2D eigenvalue weighted by atomic mass is 9.91. The Labute approximate surface area is 213 Å². The van der Waals surface area contributed by atoms with Gasteiger partial charge < -0.3 is 4.74 Å². The number of carbonyl (C=O) groups excluding carboxylic acids is 2. The number of esters is 2. The molecule has 0 radical (unpaired) electrons. The monoisotopic (exact) mass is 478 g/mol. The lowest BCUT2D eigenvalue weighted by Crippen LogP contribution is -2.13. The Kier molecular flexibility index (Phi) is 12.8. The third kappa shape index (κ3) is 11.7. The number of rotatable bonds is 15. The molecule has 0 unspecified atom stereocenters. The minimum absolute atomic E-state index is 0.0911. The van der Waals surface area contributed by atoms with Crippen molar-refractivity contribution < 1.29 is 14.3 Å². The number of fused-ring (bicyclic) bond motifs is 1. The van der Waals surface area contributed by atoms with Crippen LogP contribution >= 0.6 is 0 Å². The zero-order valence-corrected chi connectivity index (χ0v) is 22.6. The second-order valence-corrected chi connectivity index (χ2v) is 11.0. The summed E-state index contributed by atoms with van der Waals surface area (Å²) in [6.07, 6.45) is 12.6. The fourth-order valence-corrected chi connectivity index (χ4v) is 4.76. The van der Waals surface area contributed by atoms with Gasteiger partial charge in [-0.2, -0.15) is 0 Å². The van der Waals surface area contributed by atoms with Gasteiger partial charge in [0.05, 0.1) is 6.42 Å². The molecule has 2 aromatic carbocycles. The first-order valence-electron chi connectivity index (χ1n) is 13.6. The van der Waals surface area contributed by atoms with E-state index in [1.807, 2.05) is 49.4 Å². The van der Waals surface area contributed by atoms with Crippen molar-refractivity contribution in [2.75, 3.05) is 0 Å². The second kappa shape index (κ2) is 15.5. The SMILES string of the molecule is C/C(=C\C(=O)OC(=O)Cc1cccc2ccccc12)CCC[C@H](C)CCC[C@H](C)CCCC(C)C. The molecule has 0 aliphatic heterocycles. The van der Waals surface area contributed by atoms with Crippen LogP contribution in [0.25, 0.3) is 10.8 Å². The van der Waals surface area contributed by atoms with E-state index in [0.717, 1.165) is 46.6 Å². The normalized spacial score (nSPS) is 13.7. The van der Waals surface area contributed by atoms with Gasteiger partial charge in [-0.1, -0.05) is 121 Å². The van der Waals surface area contributed by atoms with Gasteiger partial charge in [0.25, 0.3) is 0 Å². The van der Waals surface area contributed by atoms with Crippen LogP contribution in [0.3, 0.4) is 0 Å². The summed E-state index contributed by atoms with van der Waals surface area (Å²) in [5, 5.41) is 2.09. The second-order valence-electron chi connectivity index (χ2n) is 11.0. The Morgan fingerprint density at radius 3 is 2.09 bits per heavy atom. The van der Waals surface area contributed by atoms with Crippen molar-refractivity contribution in [1.82, 2.24) is 0 Å². The fraction of sp³-hybridized carbons (Fsp3) is 0.562. The number of carbonyl (C=O) groups is 2. The van der Waals surface area contributed by atoms with E-state index in [4.69, 9.17) is 4.74 Å². The van der Waals surface area contributed by atoms with Crippen LogP contribution in [0.4, 0.5) is 0 Å². The van der Waals surface area contributed by atoms with E-state index in [2.05, 4.69) is 27.7 Å². The average molecular weight is 479 g/mol. The van der Waals surface area contributed by atoms with E-state index < -0.39 is 11.9 Å². The third-order valence-corrected chi connectivity index (χ3v) is 6.93. The molecule has 0 aromatic heterocycles. The zero-order chi connectivity index (χ0) is 25.6. The smallest absolute Gasteiger partial charge is 0.338 e. The first kappa shape index (κ1) is 28.8. The van der Waals surface area contributed by atoms with Gasteiger partial charge in [-0.05, 0) is 53.9 Å². The van der Waals surface area contributed by atoms with Crippen LogP contribution < -0.4 is 0 Å². The molecule has 0 aliphatic carbocycles. The maximum Gasteiger partial charge on any atom is 0.338 e. The van der Waals surface area contributed by atoms with Gasteiger partial charge in [-0.3, -0.25) is 4.79 Å². The van der Waals surface area contributed by atoms with Gasteiger partial charge in [0, 0.05) is 6.08 Å². The Morgan fingerprint density at radius 1 is 0.800 bits per heavy atom. The average Bonchev–Trinajstić information content (AvgIpc) is 2.79. The summed E-state index contributed by atoms with van der Waals surface area (Å²) in [5.41, 5.74) is 1.85. The van der Waals surface area contributed by atoms with Crippen molar-refractivity contribution in [2.45, 2.75) is 98.8 Å². The maximum atomic E-state index is 12.3. The number of hydrogen-bond acceptors (Lipinski definition) is 3. The predicted octanol–water partition coefficient (Wildman–Crippen LogP) is 8.84. The molecule has 2 aromatic rings. The van der Waals surface area contributed by atoms with Crippen molar-refractivity contribution in [2.24, 2.45) is 17.8 Å². The van der Waals surface area contributed by atoms with Crippen LogP contribution in [-0.4, -0.2) is 11.9 Å². The van der Waals surface area contributed by atoms with Gasteiger partial charge in [0.1, 0.15) is 0 Å². The molecule has 0 aliphatic rings. The van der Waals surface area contributed by atoms with Crippen molar-refractivity contribution in [3.63, 3.8) is 0 Å². The molecule has 0 bridgehead atoms. The third-order valence-electron chi connectivity index (χ3n) is 6.93. The summed E-state index contributed by atoms with van der Waals surface area (Å²) in [7, 11) is 0. The summed E-state index contributed by atoms with van der Waals surface area (Å²) in [4.78, 5) is 24.5. The molecule has 3 nitrogen and oxygen atoms in total. The molecule has 0 saturated heterocycles. The Bertz CT molecular complexity index is 951. The molecule has 2 rings (SSSR count). The van der Waals surface area contributed by atoms with E-state index in [1.165, 1.54) is 51.0 Å². The van der Waals surface area contributed by atoms with Crippen LogP contribution in [0.1, 0.15) is 98.0 Å². The number of hydrogen-bond donors (Lipinski definition) is 0. The predicted molar refractivity (Wildman–Crippen MR) is 147 cm³/mol. The van der Waals surface area contributed by atoms with E-state index >= 15 is 0 Å². The molecule has 0 fully saturated rings. The quantitative estimate of drug-likeness (QED) is 0.146. The van der Waals surface area contributed by atoms with Gasteiger partial charge in [0.2, 0.25) is 0 Å². The van der Waals surface area contributed by atoms with Crippen LogP contribution in [-0.2, 0) is 20.7 Å². The Balaban J connectivity index is 1.64. The molecular weight excluding hydrogens is 432 g/mol. The number of allylic oxidation sites excluding steroid dienone is 1. The van der Waals surface area contributed by atoms with Crippen molar-refractivity contribution in [3.8, 4) is 0 Å². The van der Waals surface area contributed by atoms with Gasteiger partial charge in [-0.15, -0.1) is 0 Å². The summed E-state index contributed by atoms with van der Waals surface area (Å²) in [6.45, 7) is 11.3. The molecule has 35 heavy (non-hydrogen) atoms. The lowest BCUT2D eigenvalue weighted by molar-refractivity contribution is -0.155. The van der Waals surface area contributed by atoms with Crippen molar-refractivity contribution in [1.29, 1.82) is 0 Å². The van der Waals surface area contributed by atoms with Crippen molar-refractivity contribution >= 4 is 22.7 Å². The highest BCUT2D eigenvalue weighted by Crippen LogP contribution is 2.22. The molecule has 192 valence electrons. The molecule has 0 spiro atoms. The summed E-state index contributed by atoms with van der Waals surface area (Å²) < 4.78 is 5.06. The first-order valence-corrected chi connectivity index (χ1v) is 13.6. The molecule has 3 heteroatoms. The highest BCUT2D eigenvalue weighted by molar-refractivity contribution is 5.95.